The summed E-state index contributed by atoms with van der Waals surface area (Å²) in [5.74, 6) is 0.912. The van der Waals surface area contributed by atoms with E-state index >= 15 is 0 Å². The number of aryl methyl sites for hydroxylation is 1. The van der Waals surface area contributed by atoms with Gasteiger partial charge in [-0.05, 0) is 49.7 Å². The van der Waals surface area contributed by atoms with Crippen LogP contribution in [0.3, 0.4) is 0 Å². The monoisotopic (exact) mass is 399 g/mol. The fourth-order valence-corrected chi connectivity index (χ4v) is 2.80. The van der Waals surface area contributed by atoms with Gasteiger partial charge in [-0.3, -0.25) is 4.79 Å². The Morgan fingerprint density at radius 3 is 2.61 bits per heavy atom. The third kappa shape index (κ3) is 4.46. The van der Waals surface area contributed by atoms with E-state index < -0.39 is 0 Å². The van der Waals surface area contributed by atoms with E-state index in [4.69, 9.17) is 21.1 Å². The van der Waals surface area contributed by atoms with Crippen LogP contribution < -0.4 is 14.8 Å². The maximum Gasteiger partial charge on any atom is 0.276 e. The normalized spacial score (nSPS) is 10.6. The Morgan fingerprint density at radius 1 is 1.18 bits per heavy atom. The average molecular weight is 400 g/mol. The molecule has 2 aromatic carbocycles. The predicted molar refractivity (Wildman–Crippen MR) is 110 cm³/mol. The first-order valence-electron chi connectivity index (χ1n) is 8.96. The molecule has 3 rings (SSSR count). The summed E-state index contributed by atoms with van der Waals surface area (Å²) in [6.07, 6.45) is 2.71. The predicted octanol–water partition coefficient (Wildman–Crippen LogP) is 4.88. The van der Waals surface area contributed by atoms with E-state index in [1.165, 1.54) is 0 Å². The zero-order valence-corrected chi connectivity index (χ0v) is 16.8. The third-order valence-corrected chi connectivity index (χ3v) is 4.34. The first-order chi connectivity index (χ1) is 13.5. The quantitative estimate of drug-likeness (QED) is 0.614. The van der Waals surface area contributed by atoms with Crippen molar-refractivity contribution in [3.05, 3.63) is 64.9 Å². The molecule has 0 aliphatic heterocycles. The Labute approximate surface area is 169 Å². The second-order valence-corrected chi connectivity index (χ2v) is 6.69. The van der Waals surface area contributed by atoms with E-state index in [2.05, 4.69) is 10.4 Å². The maximum absolute atomic E-state index is 12.7. The van der Waals surface area contributed by atoms with Crippen molar-refractivity contribution in [2.45, 2.75) is 20.3 Å². The fraction of sp³-hybridized carbons (Fsp3) is 0.238. The number of methoxy groups -OCH3 is 1. The summed E-state index contributed by atoms with van der Waals surface area (Å²) in [7, 11) is 1.57. The fourth-order valence-electron chi connectivity index (χ4n) is 2.68. The second kappa shape index (κ2) is 8.80. The van der Waals surface area contributed by atoms with Crippen LogP contribution in [0.5, 0.6) is 11.5 Å². The number of carbonyl (C=O) groups excluding carboxylic acids is 1. The Kier molecular flexibility index (Phi) is 6.21. The number of amides is 1. The molecule has 6 nitrogen and oxygen atoms in total. The van der Waals surface area contributed by atoms with Gasteiger partial charge in [-0.15, -0.1) is 0 Å². The second-order valence-electron chi connectivity index (χ2n) is 6.25. The Hall–Kier alpha value is -2.99. The molecule has 0 atom stereocenters. The minimum atomic E-state index is -0.297. The molecular formula is C21H22ClN3O3. The maximum atomic E-state index is 12.7. The number of nitrogens with zero attached hydrogens (tertiary/aromatic N) is 2. The lowest BCUT2D eigenvalue weighted by molar-refractivity contribution is 0.102. The lowest BCUT2D eigenvalue weighted by atomic mass is 10.2. The molecule has 0 fully saturated rings. The minimum Gasteiger partial charge on any atom is -0.493 e. The number of anilines is 1. The van der Waals surface area contributed by atoms with Gasteiger partial charge in [0.25, 0.3) is 5.91 Å². The van der Waals surface area contributed by atoms with Gasteiger partial charge in [0.1, 0.15) is 0 Å². The molecule has 7 heteroatoms. The summed E-state index contributed by atoms with van der Waals surface area (Å²) in [5, 5.41) is 7.92. The van der Waals surface area contributed by atoms with Crippen LogP contribution in [0.1, 0.15) is 29.4 Å². The van der Waals surface area contributed by atoms with Crippen LogP contribution in [0.25, 0.3) is 5.69 Å². The van der Waals surface area contributed by atoms with E-state index in [1.807, 2.05) is 26.0 Å². The highest BCUT2D eigenvalue weighted by Crippen LogP contribution is 2.30. The highest BCUT2D eigenvalue weighted by Gasteiger charge is 2.16. The highest BCUT2D eigenvalue weighted by molar-refractivity contribution is 6.30. The molecule has 0 saturated carbocycles. The standard InChI is InChI=1S/C21H22ClN3O3/c1-4-11-28-18-10-7-16(12-19(18)27-3)23-21(26)20-14(2)13-25(24-20)17-8-5-15(22)6-9-17/h5-10,12-13H,4,11H2,1-3H3,(H,23,26). The summed E-state index contributed by atoms with van der Waals surface area (Å²) in [6.45, 7) is 4.48. The van der Waals surface area contributed by atoms with Crippen LogP contribution in [0.4, 0.5) is 5.69 Å². The third-order valence-electron chi connectivity index (χ3n) is 4.09. The van der Waals surface area contributed by atoms with Gasteiger partial charge in [-0.1, -0.05) is 18.5 Å². The average Bonchev–Trinajstić information content (AvgIpc) is 3.09. The summed E-state index contributed by atoms with van der Waals surface area (Å²) in [4.78, 5) is 12.7. The molecule has 0 aliphatic rings. The van der Waals surface area contributed by atoms with E-state index in [1.54, 1.807) is 48.3 Å². The van der Waals surface area contributed by atoms with Crippen molar-refractivity contribution in [1.29, 1.82) is 0 Å². The topological polar surface area (TPSA) is 65.4 Å². The molecule has 146 valence electrons. The van der Waals surface area contributed by atoms with Crippen LogP contribution in [-0.2, 0) is 0 Å². The van der Waals surface area contributed by atoms with Gasteiger partial charge in [0, 0.05) is 28.5 Å². The van der Waals surface area contributed by atoms with Crippen molar-refractivity contribution >= 4 is 23.2 Å². The van der Waals surface area contributed by atoms with Crippen LogP contribution in [0, 0.1) is 6.92 Å². The molecule has 1 heterocycles. The summed E-state index contributed by atoms with van der Waals surface area (Å²) < 4.78 is 12.7. The zero-order valence-electron chi connectivity index (χ0n) is 16.0. The first-order valence-corrected chi connectivity index (χ1v) is 9.34. The smallest absolute Gasteiger partial charge is 0.276 e. The van der Waals surface area contributed by atoms with Gasteiger partial charge in [0.2, 0.25) is 0 Å². The molecule has 0 aliphatic carbocycles. The molecule has 1 N–H and O–H groups in total. The first kappa shape index (κ1) is 19.8. The van der Waals surface area contributed by atoms with Gasteiger partial charge >= 0.3 is 0 Å². The van der Waals surface area contributed by atoms with E-state index in [0.29, 0.717) is 34.5 Å². The highest BCUT2D eigenvalue weighted by atomic mass is 35.5. The Balaban J connectivity index is 1.78. The number of benzene rings is 2. The van der Waals surface area contributed by atoms with Crippen LogP contribution in [0.15, 0.2) is 48.7 Å². The molecule has 0 saturated heterocycles. The molecule has 0 unspecified atom stereocenters. The number of carbonyl (C=O) groups is 1. The number of rotatable bonds is 7. The summed E-state index contributed by atoms with van der Waals surface area (Å²) >= 11 is 5.93. The van der Waals surface area contributed by atoms with E-state index in [9.17, 15) is 4.79 Å². The van der Waals surface area contributed by atoms with Crippen molar-refractivity contribution in [2.75, 3.05) is 19.0 Å². The number of hydrogen-bond donors (Lipinski definition) is 1. The Morgan fingerprint density at radius 2 is 1.93 bits per heavy atom. The molecular weight excluding hydrogens is 378 g/mol. The van der Waals surface area contributed by atoms with E-state index in [0.717, 1.165) is 17.7 Å². The van der Waals surface area contributed by atoms with Gasteiger partial charge < -0.3 is 14.8 Å². The molecule has 3 aromatic rings. The minimum absolute atomic E-state index is 0.297. The van der Waals surface area contributed by atoms with Crippen molar-refractivity contribution in [1.82, 2.24) is 9.78 Å². The molecule has 0 bridgehead atoms. The van der Waals surface area contributed by atoms with E-state index in [-0.39, 0.29) is 5.91 Å². The zero-order chi connectivity index (χ0) is 20.1. The number of ether oxygens (including phenoxy) is 2. The van der Waals surface area contributed by atoms with Crippen molar-refractivity contribution in [2.24, 2.45) is 0 Å². The largest absolute Gasteiger partial charge is 0.493 e. The molecule has 28 heavy (non-hydrogen) atoms. The molecule has 1 aromatic heterocycles. The lowest BCUT2D eigenvalue weighted by Crippen LogP contribution is -2.14. The van der Waals surface area contributed by atoms with Gasteiger partial charge in [-0.25, -0.2) is 4.68 Å². The van der Waals surface area contributed by atoms with Crippen LogP contribution in [-0.4, -0.2) is 29.4 Å². The van der Waals surface area contributed by atoms with Crippen LogP contribution in [0.2, 0.25) is 5.02 Å². The summed E-state index contributed by atoms with van der Waals surface area (Å²) in [6, 6.07) is 12.5. The van der Waals surface area contributed by atoms with Gasteiger partial charge in [-0.2, -0.15) is 5.10 Å². The lowest BCUT2D eigenvalue weighted by Gasteiger charge is -2.12. The molecule has 1 amide bonds. The van der Waals surface area contributed by atoms with Gasteiger partial charge in [0.15, 0.2) is 17.2 Å². The number of hydrogen-bond acceptors (Lipinski definition) is 4. The Bertz CT molecular complexity index is 968. The summed E-state index contributed by atoms with van der Waals surface area (Å²) in [5.41, 5.74) is 2.54. The van der Waals surface area contributed by atoms with Crippen molar-refractivity contribution < 1.29 is 14.3 Å². The van der Waals surface area contributed by atoms with Gasteiger partial charge in [0.05, 0.1) is 19.4 Å². The van der Waals surface area contributed by atoms with Crippen LogP contribution >= 0.6 is 11.6 Å². The van der Waals surface area contributed by atoms with Crippen molar-refractivity contribution in [3.63, 3.8) is 0 Å². The SMILES string of the molecule is CCCOc1ccc(NC(=O)c2nn(-c3ccc(Cl)cc3)cc2C)cc1OC. The number of nitrogens with one attached hydrogen (secondary N) is 1. The molecule has 0 radical (unpaired) electrons. The number of halogens is 1. The molecule has 0 spiro atoms. The number of aromatic nitrogens is 2. The van der Waals surface area contributed by atoms with Crippen molar-refractivity contribution in [3.8, 4) is 17.2 Å².